The topological polar surface area (TPSA) is 98.3 Å². The monoisotopic (exact) mass is 511 g/mol. The number of nitrogens with two attached hydrogens (primary N) is 1. The summed E-state index contributed by atoms with van der Waals surface area (Å²) < 4.78 is 12.4. The van der Waals surface area contributed by atoms with Gasteiger partial charge in [-0.2, -0.15) is 0 Å². The molecule has 0 bridgehead atoms. The van der Waals surface area contributed by atoms with Crippen molar-refractivity contribution in [2.24, 2.45) is 0 Å². The molecule has 1 saturated heterocycles. The van der Waals surface area contributed by atoms with Gasteiger partial charge in [-0.05, 0) is 83.2 Å². The van der Waals surface area contributed by atoms with Gasteiger partial charge in [0.2, 0.25) is 0 Å². The van der Waals surface area contributed by atoms with Crippen LogP contribution in [0, 0.1) is 19.3 Å². The van der Waals surface area contributed by atoms with Crippen molar-refractivity contribution in [3.05, 3.63) is 82.5 Å². The number of pyridine rings is 1. The van der Waals surface area contributed by atoms with Crippen LogP contribution in [-0.4, -0.2) is 47.1 Å². The zero-order chi connectivity index (χ0) is 27.6. The summed E-state index contributed by atoms with van der Waals surface area (Å²) in [6.07, 6.45) is 11.5. The molecular weight excluding hydrogens is 465 g/mol. The molecule has 0 saturated carbocycles. The smallest absolute Gasteiger partial charge is 0.0961 e. The predicted molar refractivity (Wildman–Crippen MR) is 155 cm³/mol. The van der Waals surface area contributed by atoms with E-state index in [-0.39, 0.29) is 12.4 Å². The average Bonchev–Trinajstić information content (AvgIpc) is 2.90. The first-order chi connectivity index (χ1) is 17.7. The summed E-state index contributed by atoms with van der Waals surface area (Å²) in [6, 6.07) is 9.45. The maximum atomic E-state index is 12.4. The van der Waals surface area contributed by atoms with Crippen molar-refractivity contribution in [2.75, 3.05) is 32.0 Å². The van der Waals surface area contributed by atoms with Crippen LogP contribution in [0.25, 0.3) is 0 Å². The van der Waals surface area contributed by atoms with Crippen molar-refractivity contribution >= 4 is 11.4 Å². The van der Waals surface area contributed by atoms with Crippen LogP contribution in [0.4, 0.5) is 10.1 Å². The van der Waals surface area contributed by atoms with Crippen molar-refractivity contribution < 1.29 is 9.50 Å². The van der Waals surface area contributed by atoms with Gasteiger partial charge in [-0.15, -0.1) is 0 Å². The molecule has 0 spiro atoms. The standard InChI is InChI=1S/C14H15N3.C9H15F.C7H16N2O/c1-9-3-4-13(15)12(7-9)14(16)11-5-6-17-10(2)8-11;1-4-5-6-7-8(2)9(3)10;10-7-4-8-9-5-2-1-3-6-9/h3-8,16H,15H2,1-2H3;5-6H,4,7H2,1-3H3;8,10H,1-7H2/b;6-5-,9-8+;. The minimum Gasteiger partial charge on any atom is -0.398 e. The second kappa shape index (κ2) is 18.4. The number of allylic oxidation sites excluding steroid dienone is 4. The van der Waals surface area contributed by atoms with Gasteiger partial charge in [-0.25, -0.2) is 9.40 Å². The number of aryl methyl sites for hydroxylation is 2. The Kier molecular flexibility index (Phi) is 16.0. The number of piperidine rings is 1. The second-order valence-electron chi connectivity index (χ2n) is 9.23. The highest BCUT2D eigenvalue weighted by Crippen LogP contribution is 2.18. The normalized spacial score (nSPS) is 14.2. The third kappa shape index (κ3) is 13.3. The Bertz CT molecular complexity index is 1010. The van der Waals surface area contributed by atoms with E-state index in [1.54, 1.807) is 6.20 Å². The van der Waals surface area contributed by atoms with Crippen LogP contribution >= 0.6 is 0 Å². The highest BCUT2D eigenvalue weighted by Gasteiger charge is 2.09. The van der Waals surface area contributed by atoms with E-state index < -0.39 is 0 Å². The number of nitrogens with one attached hydrogen (secondary N) is 2. The number of anilines is 1. The maximum absolute atomic E-state index is 12.4. The Hall–Kier alpha value is -2.87. The summed E-state index contributed by atoms with van der Waals surface area (Å²) >= 11 is 0. The molecule has 2 aromatic rings. The van der Waals surface area contributed by atoms with Crippen molar-refractivity contribution in [1.29, 1.82) is 5.41 Å². The number of hydrogen-bond acceptors (Lipinski definition) is 6. The fourth-order valence-electron chi connectivity index (χ4n) is 3.57. The zero-order valence-corrected chi connectivity index (χ0v) is 23.3. The zero-order valence-electron chi connectivity index (χ0n) is 23.3. The first kappa shape index (κ1) is 32.2. The lowest BCUT2D eigenvalue weighted by atomic mass is 9.99. The van der Waals surface area contributed by atoms with Crippen LogP contribution in [0.5, 0.6) is 0 Å². The number of aromatic nitrogens is 1. The van der Waals surface area contributed by atoms with Crippen molar-refractivity contribution in [2.45, 2.75) is 66.7 Å². The van der Waals surface area contributed by atoms with Gasteiger partial charge >= 0.3 is 0 Å². The Morgan fingerprint density at radius 3 is 2.43 bits per heavy atom. The van der Waals surface area contributed by atoms with Crippen LogP contribution in [0.2, 0.25) is 0 Å². The molecule has 1 aromatic heterocycles. The quantitative estimate of drug-likeness (QED) is 0.190. The summed E-state index contributed by atoms with van der Waals surface area (Å²) in [6.45, 7) is 12.5. The summed E-state index contributed by atoms with van der Waals surface area (Å²) in [7, 11) is 0. The van der Waals surface area contributed by atoms with Gasteiger partial charge in [0.05, 0.1) is 18.1 Å². The van der Waals surface area contributed by atoms with Gasteiger partial charge in [0, 0.05) is 48.3 Å². The van der Waals surface area contributed by atoms with E-state index in [9.17, 15) is 4.39 Å². The summed E-state index contributed by atoms with van der Waals surface area (Å²) in [4.78, 5) is 4.13. The number of halogens is 1. The molecule has 0 unspecified atom stereocenters. The number of nitrogens with zero attached hydrogens (tertiary/aromatic N) is 2. The lowest BCUT2D eigenvalue weighted by Crippen LogP contribution is -2.42. The highest BCUT2D eigenvalue weighted by atomic mass is 19.1. The van der Waals surface area contributed by atoms with E-state index in [1.807, 2.05) is 63.3 Å². The minimum atomic E-state index is -0.0549. The molecule has 5 N–H and O–H groups in total. The van der Waals surface area contributed by atoms with E-state index in [2.05, 4.69) is 22.3 Å². The SMILES string of the molecule is CC/C=C\C/C(C)=C(\C)F.Cc1ccc(N)c(C(=N)c2ccnc(C)c2)c1.OCCNN1CCCCC1. The van der Waals surface area contributed by atoms with E-state index in [0.29, 0.717) is 17.9 Å². The lowest BCUT2D eigenvalue weighted by molar-refractivity contribution is 0.138. The van der Waals surface area contributed by atoms with Crippen LogP contribution in [-0.2, 0) is 0 Å². The van der Waals surface area contributed by atoms with Gasteiger partial charge in [0.1, 0.15) is 0 Å². The number of hydrogen-bond donors (Lipinski definition) is 4. The molecule has 0 aliphatic carbocycles. The molecule has 0 radical (unpaired) electrons. The summed E-state index contributed by atoms with van der Waals surface area (Å²) in [5.74, 6) is -0.0549. The molecule has 1 aromatic carbocycles. The first-order valence-corrected chi connectivity index (χ1v) is 13.1. The molecule has 0 atom stereocenters. The summed E-state index contributed by atoms with van der Waals surface area (Å²) in [5.41, 5.74) is 14.6. The highest BCUT2D eigenvalue weighted by molar-refractivity contribution is 6.13. The molecule has 3 rings (SSSR count). The van der Waals surface area contributed by atoms with Gasteiger partial charge in [0.25, 0.3) is 0 Å². The van der Waals surface area contributed by atoms with Crippen LogP contribution in [0.1, 0.15) is 75.3 Å². The molecular formula is C30H46FN5O. The molecule has 1 aliphatic heterocycles. The molecule has 6 nitrogen and oxygen atoms in total. The van der Waals surface area contributed by atoms with E-state index in [0.717, 1.165) is 53.9 Å². The number of rotatable bonds is 8. The number of aliphatic hydroxyl groups is 1. The largest absolute Gasteiger partial charge is 0.398 e. The minimum absolute atomic E-state index is 0.0549. The fraction of sp³-hybridized carbons (Fsp3) is 0.467. The number of hydrazine groups is 1. The van der Waals surface area contributed by atoms with Crippen LogP contribution < -0.4 is 11.2 Å². The number of aliphatic hydroxyl groups excluding tert-OH is 1. The van der Waals surface area contributed by atoms with Gasteiger partial charge in [-0.1, -0.05) is 37.1 Å². The molecule has 2 heterocycles. The number of benzene rings is 1. The molecule has 7 heteroatoms. The van der Waals surface area contributed by atoms with Crippen LogP contribution in [0.15, 0.2) is 60.1 Å². The maximum Gasteiger partial charge on any atom is 0.0961 e. The van der Waals surface area contributed by atoms with Crippen molar-refractivity contribution in [1.82, 2.24) is 15.4 Å². The Balaban J connectivity index is 0.000000297. The summed E-state index contributed by atoms with van der Waals surface area (Å²) in [5, 5.41) is 18.9. The average molecular weight is 512 g/mol. The van der Waals surface area contributed by atoms with Gasteiger partial charge < -0.3 is 10.8 Å². The third-order valence-corrected chi connectivity index (χ3v) is 5.88. The lowest BCUT2D eigenvalue weighted by Gasteiger charge is -2.26. The van der Waals surface area contributed by atoms with Gasteiger partial charge in [-0.3, -0.25) is 15.8 Å². The van der Waals surface area contributed by atoms with Crippen molar-refractivity contribution in [3.63, 3.8) is 0 Å². The third-order valence-electron chi connectivity index (χ3n) is 5.88. The van der Waals surface area contributed by atoms with Crippen LogP contribution in [0.3, 0.4) is 0 Å². The Labute approximate surface area is 223 Å². The molecule has 0 amide bonds. The van der Waals surface area contributed by atoms with Crippen molar-refractivity contribution in [3.8, 4) is 0 Å². The molecule has 37 heavy (non-hydrogen) atoms. The first-order valence-electron chi connectivity index (χ1n) is 13.1. The van der Waals surface area contributed by atoms with E-state index in [4.69, 9.17) is 16.2 Å². The van der Waals surface area contributed by atoms with Gasteiger partial charge in [0.15, 0.2) is 0 Å². The Morgan fingerprint density at radius 2 is 1.84 bits per heavy atom. The van der Waals surface area contributed by atoms with E-state index in [1.165, 1.54) is 26.2 Å². The Morgan fingerprint density at radius 1 is 1.14 bits per heavy atom. The fourth-order valence-corrected chi connectivity index (χ4v) is 3.57. The predicted octanol–water partition coefficient (Wildman–Crippen LogP) is 6.27. The second-order valence-corrected chi connectivity index (χ2v) is 9.23. The van der Waals surface area contributed by atoms with E-state index >= 15 is 0 Å². The molecule has 1 fully saturated rings. The molecule has 204 valence electrons. The number of nitrogen functional groups attached to an aromatic ring is 1. The molecule has 1 aliphatic rings.